The Labute approximate surface area is 521 Å². The molecule has 2 unspecified atom stereocenters. The van der Waals surface area contributed by atoms with Crippen LogP contribution in [0, 0.1) is 23.4 Å². The van der Waals surface area contributed by atoms with Gasteiger partial charge in [0.25, 0.3) is 5.91 Å². The summed E-state index contributed by atoms with van der Waals surface area (Å²) in [6, 6.07) is 14.7. The number of carbonyl (C=O) groups is 8. The maximum atomic E-state index is 15.2. The van der Waals surface area contributed by atoms with Gasteiger partial charge >= 0.3 is 12.2 Å². The fourth-order valence-electron chi connectivity index (χ4n) is 12.5. The van der Waals surface area contributed by atoms with Gasteiger partial charge in [-0.3, -0.25) is 43.5 Å². The molecule has 3 fully saturated rings. The first kappa shape index (κ1) is 66.3. The molecule has 4 aromatic carbocycles. The summed E-state index contributed by atoms with van der Waals surface area (Å²) in [5.41, 5.74) is 0.612. The molecule has 5 heterocycles. The van der Waals surface area contributed by atoms with Crippen LogP contribution in [0.5, 0.6) is 0 Å². The van der Waals surface area contributed by atoms with Gasteiger partial charge in [0.15, 0.2) is 0 Å². The highest BCUT2D eigenvalue weighted by Gasteiger charge is 2.49. The van der Waals surface area contributed by atoms with E-state index in [9.17, 15) is 43.1 Å². The maximum absolute atomic E-state index is 15.2. The lowest BCUT2D eigenvalue weighted by Crippen LogP contribution is -2.64. The zero-order chi connectivity index (χ0) is 64.9. The quantitative estimate of drug-likeness (QED) is 0.0723. The number of nitrogens with one attached hydrogen (secondary N) is 4. The summed E-state index contributed by atoms with van der Waals surface area (Å²) in [5, 5.41) is 21.0. The fourth-order valence-corrected chi connectivity index (χ4v) is 12.5. The maximum Gasteiger partial charge on any atom is 0.410 e. The highest BCUT2D eigenvalue weighted by Crippen LogP contribution is 2.43. The van der Waals surface area contributed by atoms with E-state index in [2.05, 4.69) is 26.2 Å². The molecule has 90 heavy (non-hydrogen) atoms. The second kappa shape index (κ2) is 27.9. The zero-order valence-electron chi connectivity index (χ0n) is 52.1. The molecule has 4 aromatic rings. The van der Waals surface area contributed by atoms with Crippen LogP contribution in [0.3, 0.4) is 0 Å². The van der Waals surface area contributed by atoms with Crippen molar-refractivity contribution in [1.82, 2.24) is 35.1 Å². The second-order valence-electron chi connectivity index (χ2n) is 25.4. The van der Waals surface area contributed by atoms with Gasteiger partial charge in [0.05, 0.1) is 25.2 Å². The number of amides is 8. The van der Waals surface area contributed by atoms with E-state index < -0.39 is 100 Å². The number of piperazine rings is 1. The predicted molar refractivity (Wildman–Crippen MR) is 327 cm³/mol. The van der Waals surface area contributed by atoms with Crippen molar-refractivity contribution in [3.05, 3.63) is 124 Å². The van der Waals surface area contributed by atoms with Gasteiger partial charge in [0.2, 0.25) is 29.5 Å². The van der Waals surface area contributed by atoms with Crippen LogP contribution in [0.25, 0.3) is 0 Å². The van der Waals surface area contributed by atoms with E-state index in [4.69, 9.17) is 14.2 Å². The Morgan fingerprint density at radius 2 is 1.53 bits per heavy atom. The number of nitrogens with zero attached hydrogens (tertiary/aromatic N) is 6. The van der Waals surface area contributed by atoms with Crippen molar-refractivity contribution < 1.29 is 70.8 Å². The molecule has 0 aromatic heterocycles. The zero-order valence-corrected chi connectivity index (χ0v) is 52.1. The summed E-state index contributed by atoms with van der Waals surface area (Å²) in [5.74, 6) is -6.72. The molecule has 7 atom stereocenters. The number of hydrogen-bond donors (Lipinski definition) is 5. The molecule has 0 aliphatic carbocycles. The van der Waals surface area contributed by atoms with Crippen molar-refractivity contribution >= 4 is 64.7 Å². The van der Waals surface area contributed by atoms with E-state index in [1.54, 1.807) is 56.9 Å². The number of anilines is 3. The summed E-state index contributed by atoms with van der Waals surface area (Å²) >= 11 is 0. The van der Waals surface area contributed by atoms with E-state index in [0.29, 0.717) is 68.9 Å². The van der Waals surface area contributed by atoms with Crippen molar-refractivity contribution in [3.8, 4) is 0 Å². The molecular formula is C65H81F3N10O12. The van der Waals surface area contributed by atoms with Gasteiger partial charge in [-0.2, -0.15) is 0 Å². The molecule has 0 bridgehead atoms. The Bertz CT molecular complexity index is 3340. The van der Waals surface area contributed by atoms with E-state index in [0.717, 1.165) is 34.2 Å². The summed E-state index contributed by atoms with van der Waals surface area (Å²) in [7, 11) is 1.39. The molecule has 25 heteroatoms. The van der Waals surface area contributed by atoms with Gasteiger partial charge in [-0.15, -0.1) is 0 Å². The summed E-state index contributed by atoms with van der Waals surface area (Å²) in [6.45, 7) is 14.8. The Kier molecular flexibility index (Phi) is 20.6. The normalized spacial score (nSPS) is 22.0. The molecule has 0 radical (unpaired) electrons. The molecule has 3 saturated heterocycles. The number of para-hydroxylation sites is 1. The predicted octanol–water partition coefficient (Wildman–Crippen LogP) is 6.41. The molecule has 0 spiro atoms. The number of carbonyl (C=O) groups excluding carboxylic acids is 7. The molecule has 5 aliphatic rings. The lowest BCUT2D eigenvalue weighted by Gasteiger charge is -2.47. The van der Waals surface area contributed by atoms with Crippen LogP contribution >= 0.6 is 0 Å². The highest BCUT2D eigenvalue weighted by molar-refractivity contribution is 6.04. The molecule has 9 rings (SSSR count). The number of fused-ring (bicyclic) bond motifs is 2. The Balaban J connectivity index is 0.917. The molecule has 5 aliphatic heterocycles. The fraction of sp³-hybridized carbons (Fsp3) is 0.508. The third-order valence-corrected chi connectivity index (χ3v) is 17.7. The van der Waals surface area contributed by atoms with Crippen molar-refractivity contribution in [3.63, 3.8) is 0 Å². The highest BCUT2D eigenvalue weighted by atomic mass is 19.1. The van der Waals surface area contributed by atoms with Crippen LogP contribution in [0.15, 0.2) is 78.9 Å². The lowest BCUT2D eigenvalue weighted by molar-refractivity contribution is -0.144. The van der Waals surface area contributed by atoms with E-state index in [1.807, 2.05) is 36.9 Å². The van der Waals surface area contributed by atoms with Crippen LogP contribution in [-0.4, -0.2) is 192 Å². The average molecular weight is 1250 g/mol. The smallest absolute Gasteiger partial charge is 0.410 e. The number of carboxylic acid groups (broad SMARTS) is 1. The minimum Gasteiger partial charge on any atom is -0.465 e. The second-order valence-corrected chi connectivity index (χ2v) is 25.4. The van der Waals surface area contributed by atoms with Crippen LogP contribution in [-0.2, 0) is 61.4 Å². The van der Waals surface area contributed by atoms with Crippen LogP contribution in [0.2, 0.25) is 0 Å². The van der Waals surface area contributed by atoms with Crippen molar-refractivity contribution in [2.75, 3.05) is 94.8 Å². The minimum atomic E-state index is -1.55. The number of halogens is 3. The van der Waals surface area contributed by atoms with Crippen LogP contribution in [0.1, 0.15) is 102 Å². The first-order valence-electron chi connectivity index (χ1n) is 30.5. The first-order chi connectivity index (χ1) is 42.7. The standard InChI is InChI=1S/C65H81F3N10O12/c1-38-31-75(47(34-76(38)62(85)86)33-74-24-27-89-36-39(74)2)35-54(80)78-37-65(7,49-19-14-42(29-52(49)78)28-41-12-16-45(66)17-13-41)61(84)69-23-20-53(79)70-46-18-15-44-32-77(57(48(44)30-46)59(82)72-56-50(67)10-9-11-51(56)68)60(83)55(43-21-25-88-26-22-43)71-58(81)40(3)73(8)63(87)90-64(4,5)6/h9-19,29-30,38-40,43,47,55,57H,20-28,31-37H2,1-8H3,(H,69,84)(H,70,79)(H,71,81)(H,72,82)(H,85,86)/t38?,39-,40+,47?,55+,57+,65-/m1/s1. The number of benzene rings is 4. The summed E-state index contributed by atoms with van der Waals surface area (Å²) in [4.78, 5) is 122. The molecule has 22 nitrogen and oxygen atoms in total. The number of morpholine rings is 1. The third-order valence-electron chi connectivity index (χ3n) is 17.7. The van der Waals surface area contributed by atoms with Crippen LogP contribution in [0.4, 0.5) is 39.8 Å². The largest absolute Gasteiger partial charge is 0.465 e. The first-order valence-corrected chi connectivity index (χ1v) is 30.5. The van der Waals surface area contributed by atoms with Gasteiger partial charge < -0.3 is 55.3 Å². The van der Waals surface area contributed by atoms with E-state index in [-0.39, 0.29) is 87.4 Å². The topological polar surface area (TPSA) is 252 Å². The third kappa shape index (κ3) is 15.2. The molecule has 484 valence electrons. The SMILES string of the molecule is CC1CN(CC(=O)N2C[C@@](C)(C(=O)NCCC(=O)Nc3ccc4c(c3)[C@@H](C(=O)Nc3c(F)cccc3F)N(C(=O)[C@@H](NC(=O)[C@H](C)N(C)C(=O)OC(C)(C)C)C3CCOCC3)C4)c3ccc(Cc4ccc(F)cc4)cc32)C(CN2CCOC[C@H]2C)CN1C(=O)O. The van der Waals surface area contributed by atoms with Crippen molar-refractivity contribution in [2.45, 2.75) is 128 Å². The lowest BCUT2D eigenvalue weighted by atomic mass is 9.83. The van der Waals surface area contributed by atoms with Crippen LogP contribution < -0.4 is 26.2 Å². The van der Waals surface area contributed by atoms with E-state index >= 15 is 13.6 Å². The Morgan fingerprint density at radius 1 is 0.833 bits per heavy atom. The molecular weight excluding hydrogens is 1170 g/mol. The number of hydrogen-bond acceptors (Lipinski definition) is 13. The number of rotatable bonds is 18. The van der Waals surface area contributed by atoms with E-state index in [1.165, 1.54) is 42.0 Å². The molecule has 5 N–H and O–H groups in total. The van der Waals surface area contributed by atoms with Gasteiger partial charge in [0, 0.05) is 102 Å². The number of ether oxygens (including phenoxy) is 3. The molecule has 8 amide bonds. The Hall–Kier alpha value is -8.13. The van der Waals surface area contributed by atoms with Gasteiger partial charge in [0.1, 0.15) is 46.9 Å². The van der Waals surface area contributed by atoms with Crippen molar-refractivity contribution in [2.24, 2.45) is 5.92 Å². The number of likely N-dealkylation sites (N-methyl/N-ethyl adjacent to an activating group) is 1. The van der Waals surface area contributed by atoms with Gasteiger partial charge in [-0.1, -0.05) is 36.4 Å². The van der Waals surface area contributed by atoms with Gasteiger partial charge in [-0.25, -0.2) is 22.8 Å². The summed E-state index contributed by atoms with van der Waals surface area (Å²) < 4.78 is 61.0. The van der Waals surface area contributed by atoms with Gasteiger partial charge in [-0.05, 0) is 144 Å². The monoisotopic (exact) mass is 1250 g/mol. The summed E-state index contributed by atoms with van der Waals surface area (Å²) in [6.07, 6.45) is -0.969. The average Bonchev–Trinajstić information content (AvgIpc) is 1.61. The molecule has 0 saturated carbocycles. The van der Waals surface area contributed by atoms with Crippen molar-refractivity contribution in [1.29, 1.82) is 0 Å². The minimum absolute atomic E-state index is 0.0608. The Morgan fingerprint density at radius 3 is 2.21 bits per heavy atom.